The van der Waals surface area contributed by atoms with Crippen LogP contribution in [0.4, 0.5) is 0 Å². The van der Waals surface area contributed by atoms with Crippen LogP contribution in [-0.2, 0) is 0 Å². The highest BCUT2D eigenvalue weighted by Crippen LogP contribution is 2.16. The molecule has 1 nitrogen and oxygen atoms in total. The molecule has 0 N–H and O–H groups in total. The summed E-state index contributed by atoms with van der Waals surface area (Å²) in [7, 11) is 2.56. The molecule has 0 aromatic rings. The molecule has 0 aliphatic heterocycles. The van der Waals surface area contributed by atoms with Crippen LogP contribution in [0, 0.1) is 0 Å². The Morgan fingerprint density at radius 2 is 0.593 bits per heavy atom. The van der Waals surface area contributed by atoms with E-state index in [0.717, 1.165) is 0 Å². The highest BCUT2D eigenvalue weighted by Gasteiger charge is 2.20. The quantitative estimate of drug-likeness (QED) is 0.180. The molecule has 0 bridgehead atoms. The first-order chi connectivity index (χ1) is 12.7. The van der Waals surface area contributed by atoms with E-state index in [1.807, 2.05) is 0 Å². The molecule has 166 valence electrons. The Kier molecular flexibility index (Phi) is 23.9. The van der Waals surface area contributed by atoms with Gasteiger partial charge in [0.15, 0.2) is 0 Å². The largest absolute Gasteiger partial charge is 1.00 e. The number of nitrogens with zero attached hydrogens (tertiary/aromatic N) is 1. The zero-order valence-electron chi connectivity index (χ0n) is 19.7. The first kappa shape index (κ1) is 29.1. The van der Waals surface area contributed by atoms with Crippen LogP contribution in [0.25, 0.3) is 0 Å². The molecule has 0 aliphatic rings. The van der Waals surface area contributed by atoms with Crippen LogP contribution in [0.3, 0.4) is 0 Å². The van der Waals surface area contributed by atoms with Gasteiger partial charge >= 0.3 is 0 Å². The van der Waals surface area contributed by atoms with Crippen LogP contribution in [0.1, 0.15) is 136 Å². The summed E-state index contributed by atoms with van der Waals surface area (Å²) in [4.78, 5) is 0. The fraction of sp³-hybridized carbons (Fsp3) is 1.00. The maximum absolute atomic E-state index is 2.56. The maximum Gasteiger partial charge on any atom is 0.0784 e. The zero-order valence-corrected chi connectivity index (χ0v) is 19.7. The summed E-state index contributed by atoms with van der Waals surface area (Å²) in [5.74, 6) is 0. The lowest BCUT2D eigenvalue weighted by molar-refractivity contribution is -0.910. The molecule has 0 amide bonds. The van der Waals surface area contributed by atoms with E-state index in [2.05, 4.69) is 27.8 Å². The lowest BCUT2D eigenvalue weighted by atomic mass is 10.1. The molecule has 0 fully saturated rings. The van der Waals surface area contributed by atoms with Crippen molar-refractivity contribution >= 4 is 0 Å². The van der Waals surface area contributed by atoms with Gasteiger partial charge in [0, 0.05) is 0 Å². The van der Waals surface area contributed by atoms with Gasteiger partial charge < -0.3 is 9.19 Å². The highest BCUT2D eigenvalue weighted by molar-refractivity contribution is 4.51. The number of rotatable bonds is 21. The minimum Gasteiger partial charge on any atom is -1.00 e. The van der Waals surface area contributed by atoms with E-state index < -0.39 is 0 Å². The third-order valence-corrected chi connectivity index (χ3v) is 6.15. The summed E-state index contributed by atoms with van der Waals surface area (Å²) in [6, 6.07) is 0. The standard InChI is InChI=1S/C25H54N.FH/c1-5-8-11-14-17-20-23-26(4,24-21-18-15-12-9-6-2)25-22-19-16-13-10-7-3;/h5-25H2,1-4H3;1H/q+1;/p-1. The summed E-state index contributed by atoms with van der Waals surface area (Å²) in [6.07, 6.45) is 25.9. The molecule has 2 heteroatoms. The van der Waals surface area contributed by atoms with Crippen molar-refractivity contribution in [3.05, 3.63) is 0 Å². The van der Waals surface area contributed by atoms with Crippen molar-refractivity contribution in [3.8, 4) is 0 Å². The Morgan fingerprint density at radius 3 is 0.852 bits per heavy atom. The minimum atomic E-state index is 0. The fourth-order valence-electron chi connectivity index (χ4n) is 4.16. The second kappa shape index (κ2) is 22.2. The lowest BCUT2D eigenvalue weighted by Gasteiger charge is -2.35. The molecule has 0 spiro atoms. The predicted molar refractivity (Wildman–Crippen MR) is 121 cm³/mol. The lowest BCUT2D eigenvalue weighted by Crippen LogP contribution is -3.00. The van der Waals surface area contributed by atoms with Gasteiger partial charge in [0.2, 0.25) is 0 Å². The van der Waals surface area contributed by atoms with Crippen molar-refractivity contribution in [1.82, 2.24) is 0 Å². The van der Waals surface area contributed by atoms with E-state index in [0.29, 0.717) is 0 Å². The molecule has 0 heterocycles. The van der Waals surface area contributed by atoms with Crippen LogP contribution >= 0.6 is 0 Å². The Hall–Kier alpha value is -0.110. The van der Waals surface area contributed by atoms with E-state index in [4.69, 9.17) is 0 Å². The topological polar surface area (TPSA) is 0 Å². The van der Waals surface area contributed by atoms with Crippen molar-refractivity contribution in [2.75, 3.05) is 26.7 Å². The third kappa shape index (κ3) is 20.4. The Balaban J connectivity index is 0. The van der Waals surface area contributed by atoms with Gasteiger partial charge in [0.1, 0.15) is 0 Å². The number of unbranched alkanes of at least 4 members (excludes halogenated alkanes) is 15. The molecule has 0 aromatic heterocycles. The van der Waals surface area contributed by atoms with Gasteiger partial charge in [-0.15, -0.1) is 0 Å². The first-order valence-electron chi connectivity index (χ1n) is 12.5. The SMILES string of the molecule is CCCCCCCC[N+](C)(CCCCCCCC)CCCCCCCC.[F-]. The van der Waals surface area contributed by atoms with E-state index in [9.17, 15) is 0 Å². The first-order valence-corrected chi connectivity index (χ1v) is 12.5. The second-order valence-electron chi connectivity index (χ2n) is 9.09. The summed E-state index contributed by atoms with van der Waals surface area (Å²) in [5, 5.41) is 0. The summed E-state index contributed by atoms with van der Waals surface area (Å²) in [5.41, 5.74) is 0. The molecular weight excluding hydrogens is 333 g/mol. The van der Waals surface area contributed by atoms with Gasteiger partial charge in [-0.1, -0.05) is 97.8 Å². The van der Waals surface area contributed by atoms with Gasteiger partial charge in [-0.05, 0) is 38.5 Å². The smallest absolute Gasteiger partial charge is 0.0784 e. The molecule has 0 radical (unpaired) electrons. The number of quaternary nitrogens is 1. The second-order valence-corrected chi connectivity index (χ2v) is 9.09. The fourth-order valence-corrected chi connectivity index (χ4v) is 4.16. The van der Waals surface area contributed by atoms with Gasteiger partial charge in [-0.3, -0.25) is 0 Å². The van der Waals surface area contributed by atoms with Gasteiger partial charge in [0.05, 0.1) is 26.7 Å². The molecule has 27 heavy (non-hydrogen) atoms. The zero-order chi connectivity index (χ0) is 19.3. The molecule has 0 saturated heterocycles. The predicted octanol–water partition coefficient (Wildman–Crippen LogP) is 5.52. The van der Waals surface area contributed by atoms with E-state index in [-0.39, 0.29) is 4.70 Å². The van der Waals surface area contributed by atoms with E-state index in [1.54, 1.807) is 0 Å². The number of halogens is 1. The van der Waals surface area contributed by atoms with Gasteiger partial charge in [-0.2, -0.15) is 0 Å². The average Bonchev–Trinajstić information content (AvgIpc) is 2.64. The van der Waals surface area contributed by atoms with Crippen molar-refractivity contribution < 1.29 is 9.19 Å². The van der Waals surface area contributed by atoms with Crippen LogP contribution < -0.4 is 4.70 Å². The van der Waals surface area contributed by atoms with Crippen molar-refractivity contribution in [2.45, 2.75) is 136 Å². The number of hydrogen-bond acceptors (Lipinski definition) is 0. The number of hydrogen-bond donors (Lipinski definition) is 0. The van der Waals surface area contributed by atoms with Crippen LogP contribution in [0.5, 0.6) is 0 Å². The molecular formula is C25H54FN. The Labute approximate surface area is 172 Å². The normalized spacial score (nSPS) is 11.6. The molecule has 0 unspecified atom stereocenters. The van der Waals surface area contributed by atoms with E-state index in [1.165, 1.54) is 140 Å². The summed E-state index contributed by atoms with van der Waals surface area (Å²) < 4.78 is 1.36. The maximum atomic E-state index is 2.56. The van der Waals surface area contributed by atoms with Gasteiger partial charge in [0.25, 0.3) is 0 Å². The van der Waals surface area contributed by atoms with Crippen LogP contribution in [0.2, 0.25) is 0 Å². The third-order valence-electron chi connectivity index (χ3n) is 6.15. The molecule has 0 saturated carbocycles. The molecule has 0 atom stereocenters. The highest BCUT2D eigenvalue weighted by atomic mass is 19.0. The average molecular weight is 388 g/mol. The molecule has 0 aromatic carbocycles. The minimum absolute atomic E-state index is 0. The van der Waals surface area contributed by atoms with Crippen LogP contribution in [-0.4, -0.2) is 31.2 Å². The Morgan fingerprint density at radius 1 is 0.370 bits per heavy atom. The molecule has 0 aliphatic carbocycles. The Bertz CT molecular complexity index is 226. The van der Waals surface area contributed by atoms with Crippen molar-refractivity contribution in [2.24, 2.45) is 0 Å². The molecule has 0 rings (SSSR count). The van der Waals surface area contributed by atoms with Crippen molar-refractivity contribution in [1.29, 1.82) is 0 Å². The monoisotopic (exact) mass is 387 g/mol. The summed E-state index contributed by atoms with van der Waals surface area (Å²) >= 11 is 0. The van der Waals surface area contributed by atoms with Gasteiger partial charge in [-0.25, -0.2) is 0 Å². The van der Waals surface area contributed by atoms with Crippen LogP contribution in [0.15, 0.2) is 0 Å². The van der Waals surface area contributed by atoms with E-state index >= 15 is 0 Å². The van der Waals surface area contributed by atoms with Crippen molar-refractivity contribution in [3.63, 3.8) is 0 Å². The summed E-state index contributed by atoms with van der Waals surface area (Å²) in [6.45, 7) is 11.2.